The zero-order valence-corrected chi connectivity index (χ0v) is 10.1. The van der Waals surface area contributed by atoms with Crippen molar-refractivity contribution in [1.29, 1.82) is 0 Å². The third kappa shape index (κ3) is 3.30. The van der Waals surface area contributed by atoms with Crippen LogP contribution < -0.4 is 0 Å². The van der Waals surface area contributed by atoms with Crippen LogP contribution in [0.15, 0.2) is 30.3 Å². The SMILES string of the molecule is CCOCCOC(=O)C1CC1c1ccccc1. The van der Waals surface area contributed by atoms with Gasteiger partial charge in [0.05, 0.1) is 12.5 Å². The minimum atomic E-state index is -0.0847. The number of esters is 1. The van der Waals surface area contributed by atoms with E-state index in [-0.39, 0.29) is 11.9 Å². The highest BCUT2D eigenvalue weighted by Gasteiger charge is 2.44. The second-order valence-corrected chi connectivity index (χ2v) is 4.22. The number of benzene rings is 1. The Balaban J connectivity index is 1.73. The molecule has 1 aromatic carbocycles. The topological polar surface area (TPSA) is 35.5 Å². The summed E-state index contributed by atoms with van der Waals surface area (Å²) in [5.41, 5.74) is 1.24. The van der Waals surface area contributed by atoms with Crippen LogP contribution in [-0.2, 0) is 14.3 Å². The Labute approximate surface area is 102 Å². The first-order chi connectivity index (χ1) is 8.33. The number of ether oxygens (including phenoxy) is 2. The zero-order chi connectivity index (χ0) is 12.1. The molecule has 17 heavy (non-hydrogen) atoms. The Morgan fingerprint density at radius 2 is 2.06 bits per heavy atom. The molecule has 0 bridgehead atoms. The van der Waals surface area contributed by atoms with Crippen molar-refractivity contribution in [1.82, 2.24) is 0 Å². The summed E-state index contributed by atoms with van der Waals surface area (Å²) in [6, 6.07) is 10.1. The lowest BCUT2D eigenvalue weighted by Crippen LogP contribution is -2.12. The van der Waals surface area contributed by atoms with Crippen LogP contribution in [0.25, 0.3) is 0 Å². The molecule has 2 atom stereocenters. The van der Waals surface area contributed by atoms with E-state index in [9.17, 15) is 4.79 Å². The molecule has 1 aliphatic rings. The summed E-state index contributed by atoms with van der Waals surface area (Å²) in [5.74, 6) is 0.327. The van der Waals surface area contributed by atoms with Crippen LogP contribution >= 0.6 is 0 Å². The number of carbonyl (C=O) groups excluding carboxylic acids is 1. The molecule has 0 aliphatic heterocycles. The molecule has 2 rings (SSSR count). The number of rotatable bonds is 6. The lowest BCUT2D eigenvalue weighted by Gasteiger charge is -2.04. The van der Waals surface area contributed by atoms with Crippen LogP contribution in [0.5, 0.6) is 0 Å². The number of carbonyl (C=O) groups is 1. The molecule has 0 radical (unpaired) electrons. The predicted octanol–water partition coefficient (Wildman–Crippen LogP) is 2.37. The van der Waals surface area contributed by atoms with Gasteiger partial charge < -0.3 is 9.47 Å². The second kappa shape index (κ2) is 5.82. The first-order valence-corrected chi connectivity index (χ1v) is 6.12. The van der Waals surface area contributed by atoms with Crippen molar-refractivity contribution in [3.63, 3.8) is 0 Å². The van der Waals surface area contributed by atoms with Crippen LogP contribution in [0.2, 0.25) is 0 Å². The van der Waals surface area contributed by atoms with Crippen molar-refractivity contribution in [2.45, 2.75) is 19.3 Å². The molecule has 1 aliphatic carbocycles. The quantitative estimate of drug-likeness (QED) is 0.560. The van der Waals surface area contributed by atoms with E-state index in [1.165, 1.54) is 5.56 Å². The Morgan fingerprint density at radius 3 is 2.76 bits per heavy atom. The molecule has 0 amide bonds. The van der Waals surface area contributed by atoms with Gasteiger partial charge in [-0.3, -0.25) is 4.79 Å². The van der Waals surface area contributed by atoms with E-state index in [0.717, 1.165) is 6.42 Å². The van der Waals surface area contributed by atoms with Gasteiger partial charge in [-0.2, -0.15) is 0 Å². The van der Waals surface area contributed by atoms with Gasteiger partial charge in [-0.05, 0) is 24.8 Å². The summed E-state index contributed by atoms with van der Waals surface area (Å²) >= 11 is 0. The largest absolute Gasteiger partial charge is 0.463 e. The maximum Gasteiger partial charge on any atom is 0.309 e. The molecule has 1 saturated carbocycles. The fourth-order valence-electron chi connectivity index (χ4n) is 1.98. The van der Waals surface area contributed by atoms with E-state index in [4.69, 9.17) is 9.47 Å². The molecule has 3 heteroatoms. The summed E-state index contributed by atoms with van der Waals surface area (Å²) in [5, 5.41) is 0. The van der Waals surface area contributed by atoms with E-state index in [1.807, 2.05) is 25.1 Å². The molecule has 2 unspecified atom stereocenters. The third-order valence-corrected chi connectivity index (χ3v) is 3.00. The highest BCUT2D eigenvalue weighted by Crippen LogP contribution is 2.47. The van der Waals surface area contributed by atoms with Gasteiger partial charge in [-0.25, -0.2) is 0 Å². The Kier molecular flexibility index (Phi) is 4.15. The molecule has 92 valence electrons. The highest BCUT2D eigenvalue weighted by atomic mass is 16.6. The van der Waals surface area contributed by atoms with Crippen LogP contribution in [0, 0.1) is 5.92 Å². The van der Waals surface area contributed by atoms with E-state index in [2.05, 4.69) is 12.1 Å². The molecule has 1 fully saturated rings. The minimum Gasteiger partial charge on any atom is -0.463 e. The van der Waals surface area contributed by atoms with Crippen molar-refractivity contribution >= 4 is 5.97 Å². The average molecular weight is 234 g/mol. The molecular weight excluding hydrogens is 216 g/mol. The molecule has 0 N–H and O–H groups in total. The Morgan fingerprint density at radius 1 is 1.29 bits per heavy atom. The molecule has 0 aromatic heterocycles. The standard InChI is InChI=1S/C14H18O3/c1-2-16-8-9-17-14(15)13-10-12(13)11-6-4-3-5-7-11/h3-7,12-13H,2,8-10H2,1H3. The second-order valence-electron chi connectivity index (χ2n) is 4.22. The maximum atomic E-state index is 11.7. The summed E-state index contributed by atoms with van der Waals surface area (Å²) < 4.78 is 10.3. The summed E-state index contributed by atoms with van der Waals surface area (Å²) in [6.45, 7) is 3.44. The fraction of sp³-hybridized carbons (Fsp3) is 0.500. The molecule has 1 aromatic rings. The van der Waals surface area contributed by atoms with Crippen molar-refractivity contribution in [3.8, 4) is 0 Å². The lowest BCUT2D eigenvalue weighted by atomic mass is 10.1. The summed E-state index contributed by atoms with van der Waals surface area (Å²) in [4.78, 5) is 11.7. The highest BCUT2D eigenvalue weighted by molar-refractivity contribution is 5.77. The molecule has 0 heterocycles. The molecule has 3 nitrogen and oxygen atoms in total. The monoisotopic (exact) mass is 234 g/mol. The van der Waals surface area contributed by atoms with Gasteiger partial charge in [-0.1, -0.05) is 30.3 Å². The predicted molar refractivity (Wildman–Crippen MR) is 64.7 cm³/mol. The van der Waals surface area contributed by atoms with E-state index >= 15 is 0 Å². The van der Waals surface area contributed by atoms with Crippen LogP contribution in [0.4, 0.5) is 0 Å². The molecule has 0 spiro atoms. The van der Waals surface area contributed by atoms with E-state index in [0.29, 0.717) is 25.7 Å². The van der Waals surface area contributed by atoms with Crippen molar-refractivity contribution in [2.24, 2.45) is 5.92 Å². The summed E-state index contributed by atoms with van der Waals surface area (Å²) in [6.07, 6.45) is 0.914. The molecule has 0 saturated heterocycles. The first kappa shape index (κ1) is 12.1. The smallest absolute Gasteiger partial charge is 0.309 e. The number of hydrogen-bond donors (Lipinski definition) is 0. The Hall–Kier alpha value is -1.35. The number of hydrogen-bond acceptors (Lipinski definition) is 3. The fourth-order valence-corrected chi connectivity index (χ4v) is 1.98. The summed E-state index contributed by atoms with van der Waals surface area (Å²) in [7, 11) is 0. The van der Waals surface area contributed by atoms with Crippen LogP contribution in [0.1, 0.15) is 24.8 Å². The van der Waals surface area contributed by atoms with Gasteiger partial charge in [0.1, 0.15) is 6.61 Å². The van der Waals surface area contributed by atoms with Crippen molar-refractivity contribution in [2.75, 3.05) is 19.8 Å². The van der Waals surface area contributed by atoms with E-state index in [1.54, 1.807) is 0 Å². The van der Waals surface area contributed by atoms with Crippen LogP contribution in [-0.4, -0.2) is 25.8 Å². The first-order valence-electron chi connectivity index (χ1n) is 6.12. The van der Waals surface area contributed by atoms with Gasteiger partial charge in [0.2, 0.25) is 0 Å². The Bertz CT molecular complexity index is 361. The molecular formula is C14H18O3. The van der Waals surface area contributed by atoms with Gasteiger partial charge in [0.15, 0.2) is 0 Å². The van der Waals surface area contributed by atoms with Gasteiger partial charge in [0.25, 0.3) is 0 Å². The van der Waals surface area contributed by atoms with Crippen molar-refractivity contribution < 1.29 is 14.3 Å². The third-order valence-electron chi connectivity index (χ3n) is 3.00. The van der Waals surface area contributed by atoms with Crippen LogP contribution in [0.3, 0.4) is 0 Å². The van der Waals surface area contributed by atoms with E-state index < -0.39 is 0 Å². The van der Waals surface area contributed by atoms with Gasteiger partial charge in [0, 0.05) is 6.61 Å². The maximum absolute atomic E-state index is 11.7. The normalized spacial score (nSPS) is 22.2. The van der Waals surface area contributed by atoms with Crippen molar-refractivity contribution in [3.05, 3.63) is 35.9 Å². The zero-order valence-electron chi connectivity index (χ0n) is 10.1. The van der Waals surface area contributed by atoms with Gasteiger partial charge >= 0.3 is 5.97 Å². The average Bonchev–Trinajstić information content (AvgIpc) is 3.16. The lowest BCUT2D eigenvalue weighted by molar-refractivity contribution is -0.146. The minimum absolute atomic E-state index is 0.0547. The van der Waals surface area contributed by atoms with Gasteiger partial charge in [-0.15, -0.1) is 0 Å².